The molecular weight excluding hydrogens is 342 g/mol. The molecule has 1 fully saturated rings. The molecule has 144 valence electrons. The summed E-state index contributed by atoms with van der Waals surface area (Å²) in [6, 6.07) is 15.4. The van der Waals surface area contributed by atoms with Gasteiger partial charge in [0.05, 0.1) is 46.1 Å². The summed E-state index contributed by atoms with van der Waals surface area (Å²) in [4.78, 5) is 16.2. The minimum Gasteiger partial charge on any atom is -0.497 e. The van der Waals surface area contributed by atoms with Crippen LogP contribution in [0.3, 0.4) is 0 Å². The van der Waals surface area contributed by atoms with E-state index >= 15 is 0 Å². The largest absolute Gasteiger partial charge is 0.497 e. The molecule has 2 aromatic rings. The number of piperazine rings is 1. The van der Waals surface area contributed by atoms with Crippen molar-refractivity contribution >= 4 is 17.3 Å². The number of quaternary nitrogens is 1. The van der Waals surface area contributed by atoms with Crippen LogP contribution >= 0.6 is 0 Å². The molecule has 0 radical (unpaired) electrons. The summed E-state index contributed by atoms with van der Waals surface area (Å²) in [5, 5.41) is 3.00. The highest BCUT2D eigenvalue weighted by molar-refractivity contribution is 5.93. The van der Waals surface area contributed by atoms with Gasteiger partial charge in [-0.25, -0.2) is 0 Å². The van der Waals surface area contributed by atoms with Gasteiger partial charge in [0.25, 0.3) is 5.91 Å². The van der Waals surface area contributed by atoms with Crippen LogP contribution in [0.4, 0.5) is 11.4 Å². The number of carbonyl (C=O) groups is 1. The van der Waals surface area contributed by atoms with Crippen LogP contribution in [0.15, 0.2) is 48.5 Å². The molecule has 2 aromatic carbocycles. The number of hydrogen-bond donors (Lipinski definition) is 2. The third kappa shape index (κ3) is 4.52. The Labute approximate surface area is 160 Å². The summed E-state index contributed by atoms with van der Waals surface area (Å²) in [5.74, 6) is 1.71. The molecule has 3 rings (SSSR count). The van der Waals surface area contributed by atoms with E-state index in [0.29, 0.717) is 0 Å². The normalized spacial score (nSPS) is 15.9. The third-order valence-electron chi connectivity index (χ3n) is 5.19. The summed E-state index contributed by atoms with van der Waals surface area (Å²) in [6.45, 7) is 5.61. The monoisotopic (exact) mass is 370 g/mol. The Morgan fingerprint density at radius 3 is 2.33 bits per heavy atom. The molecule has 1 aliphatic heterocycles. The van der Waals surface area contributed by atoms with Crippen molar-refractivity contribution < 1.29 is 19.2 Å². The van der Waals surface area contributed by atoms with Gasteiger partial charge in [0.1, 0.15) is 11.5 Å². The Balaban J connectivity index is 1.55. The van der Waals surface area contributed by atoms with Crippen LogP contribution < -0.4 is 24.6 Å². The Morgan fingerprint density at radius 2 is 1.70 bits per heavy atom. The van der Waals surface area contributed by atoms with E-state index in [4.69, 9.17) is 9.47 Å². The van der Waals surface area contributed by atoms with Gasteiger partial charge in [0, 0.05) is 5.69 Å². The van der Waals surface area contributed by atoms with Gasteiger partial charge in [-0.1, -0.05) is 12.1 Å². The smallest absolute Gasteiger partial charge is 0.282 e. The summed E-state index contributed by atoms with van der Waals surface area (Å²) in [7, 11) is 3.33. The molecule has 6 heteroatoms. The van der Waals surface area contributed by atoms with Crippen LogP contribution in [0.1, 0.15) is 6.92 Å². The Hall–Kier alpha value is -2.73. The first-order valence-corrected chi connectivity index (χ1v) is 9.30. The van der Waals surface area contributed by atoms with E-state index in [1.807, 2.05) is 49.4 Å². The molecule has 0 bridgehead atoms. The quantitative estimate of drug-likeness (QED) is 0.808. The second kappa shape index (κ2) is 8.77. The van der Waals surface area contributed by atoms with Crippen molar-refractivity contribution in [1.82, 2.24) is 0 Å². The minimum atomic E-state index is -0.105. The molecule has 1 amide bonds. The van der Waals surface area contributed by atoms with Crippen LogP contribution in [0.2, 0.25) is 0 Å². The second-order valence-corrected chi connectivity index (χ2v) is 6.76. The summed E-state index contributed by atoms with van der Waals surface area (Å²) in [6.07, 6.45) is 0. The maximum atomic E-state index is 12.6. The number of ether oxygens (including phenoxy) is 2. The fourth-order valence-corrected chi connectivity index (χ4v) is 3.47. The second-order valence-electron chi connectivity index (χ2n) is 6.76. The van der Waals surface area contributed by atoms with Gasteiger partial charge in [-0.15, -0.1) is 0 Å². The Bertz CT molecular complexity index is 756. The van der Waals surface area contributed by atoms with E-state index < -0.39 is 0 Å². The van der Waals surface area contributed by atoms with E-state index in [-0.39, 0.29) is 11.9 Å². The number of carbonyl (C=O) groups excluding carboxylic acids is 1. The predicted molar refractivity (Wildman–Crippen MR) is 107 cm³/mol. The molecule has 27 heavy (non-hydrogen) atoms. The van der Waals surface area contributed by atoms with Crippen LogP contribution in [-0.2, 0) is 4.79 Å². The zero-order valence-corrected chi connectivity index (χ0v) is 16.2. The number of hydrogen-bond acceptors (Lipinski definition) is 4. The summed E-state index contributed by atoms with van der Waals surface area (Å²) < 4.78 is 10.6. The molecule has 0 aliphatic carbocycles. The zero-order valence-electron chi connectivity index (χ0n) is 16.2. The molecule has 0 spiro atoms. The van der Waals surface area contributed by atoms with E-state index in [1.165, 1.54) is 4.90 Å². The van der Waals surface area contributed by atoms with E-state index in [1.54, 1.807) is 14.2 Å². The van der Waals surface area contributed by atoms with Crippen LogP contribution in [0, 0.1) is 0 Å². The van der Waals surface area contributed by atoms with Crippen molar-refractivity contribution in [2.24, 2.45) is 0 Å². The first-order chi connectivity index (χ1) is 13.1. The molecule has 1 saturated heterocycles. The average Bonchev–Trinajstić information content (AvgIpc) is 2.73. The highest BCUT2D eigenvalue weighted by Crippen LogP contribution is 2.27. The molecule has 6 nitrogen and oxygen atoms in total. The van der Waals surface area contributed by atoms with Crippen LogP contribution in [0.25, 0.3) is 0 Å². The lowest BCUT2D eigenvalue weighted by Crippen LogP contribution is -3.19. The van der Waals surface area contributed by atoms with E-state index in [2.05, 4.69) is 16.3 Å². The van der Waals surface area contributed by atoms with Gasteiger partial charge in [0.15, 0.2) is 6.04 Å². The van der Waals surface area contributed by atoms with Crippen LogP contribution in [-0.4, -0.2) is 52.3 Å². The van der Waals surface area contributed by atoms with Crippen molar-refractivity contribution in [3.05, 3.63) is 48.5 Å². The lowest BCUT2D eigenvalue weighted by molar-refractivity contribution is -0.914. The van der Waals surface area contributed by atoms with Crippen molar-refractivity contribution in [2.45, 2.75) is 13.0 Å². The number of nitrogens with zero attached hydrogens (tertiary/aromatic N) is 1. The predicted octanol–water partition coefficient (Wildman–Crippen LogP) is 1.44. The number of rotatable bonds is 6. The Morgan fingerprint density at radius 1 is 1.04 bits per heavy atom. The van der Waals surface area contributed by atoms with Crippen LogP contribution in [0.5, 0.6) is 11.5 Å². The van der Waals surface area contributed by atoms with Crippen molar-refractivity contribution in [1.29, 1.82) is 0 Å². The average molecular weight is 370 g/mol. The molecule has 1 aliphatic rings. The Kier molecular flexibility index (Phi) is 6.19. The van der Waals surface area contributed by atoms with Gasteiger partial charge < -0.3 is 24.6 Å². The van der Waals surface area contributed by atoms with Gasteiger partial charge in [-0.05, 0) is 43.3 Å². The molecule has 1 atom stereocenters. The van der Waals surface area contributed by atoms with E-state index in [0.717, 1.165) is 49.1 Å². The lowest BCUT2D eigenvalue weighted by Gasteiger charge is -2.36. The standard InChI is InChI=1S/C21H27N3O3/c1-16(21(25)22-17-8-10-18(26-2)11-9-17)23-12-14-24(15-13-23)19-6-4-5-7-20(19)27-3/h4-11,16H,12-15H2,1-3H3,(H,22,25)/p+1/t16-/m0/s1. The molecule has 0 unspecified atom stereocenters. The maximum Gasteiger partial charge on any atom is 0.282 e. The number of para-hydroxylation sites is 2. The third-order valence-corrected chi connectivity index (χ3v) is 5.19. The van der Waals surface area contributed by atoms with Gasteiger partial charge in [-0.2, -0.15) is 0 Å². The topological polar surface area (TPSA) is 55.2 Å². The van der Waals surface area contributed by atoms with Gasteiger partial charge in [0.2, 0.25) is 0 Å². The molecule has 0 saturated carbocycles. The van der Waals surface area contributed by atoms with Crippen molar-refractivity contribution in [2.75, 3.05) is 50.6 Å². The summed E-state index contributed by atoms with van der Waals surface area (Å²) >= 11 is 0. The molecule has 2 N–H and O–H groups in total. The van der Waals surface area contributed by atoms with Gasteiger partial charge in [-0.3, -0.25) is 4.79 Å². The molecule has 0 aromatic heterocycles. The van der Waals surface area contributed by atoms with E-state index in [9.17, 15) is 4.79 Å². The molecular formula is C21H28N3O3+. The number of amides is 1. The number of nitrogens with one attached hydrogen (secondary N) is 2. The number of anilines is 2. The highest BCUT2D eigenvalue weighted by atomic mass is 16.5. The first-order valence-electron chi connectivity index (χ1n) is 9.30. The fraction of sp³-hybridized carbons (Fsp3) is 0.381. The molecule has 1 heterocycles. The van der Waals surface area contributed by atoms with Crippen molar-refractivity contribution in [3.8, 4) is 11.5 Å². The minimum absolute atomic E-state index is 0.0425. The highest BCUT2D eigenvalue weighted by Gasteiger charge is 2.30. The first kappa shape index (κ1) is 19.0. The maximum absolute atomic E-state index is 12.6. The lowest BCUT2D eigenvalue weighted by atomic mass is 10.2. The van der Waals surface area contributed by atoms with Gasteiger partial charge >= 0.3 is 0 Å². The SMILES string of the molecule is COc1ccc(NC(=O)[C@H](C)[NH+]2CCN(c3ccccc3OC)CC2)cc1. The number of benzene rings is 2. The van der Waals surface area contributed by atoms with Crippen molar-refractivity contribution in [3.63, 3.8) is 0 Å². The fourth-order valence-electron chi connectivity index (χ4n) is 3.47. The number of methoxy groups -OCH3 is 2. The summed E-state index contributed by atoms with van der Waals surface area (Å²) in [5.41, 5.74) is 1.91. The zero-order chi connectivity index (χ0) is 19.2.